The van der Waals surface area contributed by atoms with Crippen molar-refractivity contribution in [3.05, 3.63) is 24.2 Å². The van der Waals surface area contributed by atoms with Crippen LogP contribution in [0.1, 0.15) is 0 Å². The van der Waals surface area contributed by atoms with E-state index in [4.69, 9.17) is 5.41 Å². The molecule has 0 saturated heterocycles. The maximum absolute atomic E-state index is 11.7. The van der Waals surface area contributed by atoms with Gasteiger partial charge in [-0.3, -0.25) is 15.0 Å². The van der Waals surface area contributed by atoms with Gasteiger partial charge >= 0.3 is 6.03 Å². The molecule has 0 radical (unpaired) electrons. The van der Waals surface area contributed by atoms with Crippen molar-refractivity contribution < 1.29 is 4.79 Å². The molecule has 1 aromatic heterocycles. The van der Waals surface area contributed by atoms with Crippen LogP contribution in [0.5, 0.6) is 0 Å². The first-order valence-corrected chi connectivity index (χ1v) is 6.68. The van der Waals surface area contributed by atoms with E-state index in [0.29, 0.717) is 17.9 Å². The molecule has 1 aliphatic heterocycles. The second-order valence-corrected chi connectivity index (χ2v) is 5.16. The third kappa shape index (κ3) is 2.70. The Hall–Kier alpha value is -1.41. The fourth-order valence-corrected chi connectivity index (χ4v) is 2.63. The Morgan fingerprint density at radius 3 is 3.33 bits per heavy atom. The lowest BCUT2D eigenvalue weighted by molar-refractivity contribution is 0.241. The third-order valence-electron chi connectivity index (χ3n) is 2.33. The predicted molar refractivity (Wildman–Crippen MR) is 73.7 cm³/mol. The molecular weight excluding hydrogens is 270 g/mol. The summed E-state index contributed by atoms with van der Waals surface area (Å²) in [7, 11) is 0. The molecule has 0 unspecified atom stereocenters. The Bertz CT molecular complexity index is 542. The molecule has 6 nitrogen and oxygen atoms in total. The SMILES string of the molecule is C=CCN(S)C(=O)Nc1cc(=N)n2c(n1)SCC2. The number of carbonyl (C=O) groups excluding carboxylic acids is 1. The lowest BCUT2D eigenvalue weighted by Crippen LogP contribution is -2.29. The van der Waals surface area contributed by atoms with Gasteiger partial charge in [0.25, 0.3) is 0 Å². The molecule has 2 amide bonds. The monoisotopic (exact) mass is 283 g/mol. The molecule has 0 bridgehead atoms. The summed E-state index contributed by atoms with van der Waals surface area (Å²) in [6.07, 6.45) is 1.57. The van der Waals surface area contributed by atoms with Gasteiger partial charge in [-0.25, -0.2) is 9.78 Å². The summed E-state index contributed by atoms with van der Waals surface area (Å²) >= 11 is 5.58. The highest BCUT2D eigenvalue weighted by Crippen LogP contribution is 2.22. The molecule has 96 valence electrons. The average Bonchev–Trinajstić information content (AvgIpc) is 2.77. The van der Waals surface area contributed by atoms with E-state index in [-0.39, 0.29) is 0 Å². The van der Waals surface area contributed by atoms with Crippen molar-refractivity contribution in [3.63, 3.8) is 0 Å². The van der Waals surface area contributed by atoms with Crippen LogP contribution in [0.3, 0.4) is 0 Å². The Kier molecular flexibility index (Phi) is 3.97. The molecule has 1 aromatic rings. The Balaban J connectivity index is 2.15. The number of hydrogen-bond donors (Lipinski definition) is 3. The van der Waals surface area contributed by atoms with Gasteiger partial charge in [0.2, 0.25) is 0 Å². The van der Waals surface area contributed by atoms with Gasteiger partial charge in [0.05, 0.1) is 6.54 Å². The number of carbonyl (C=O) groups is 1. The van der Waals surface area contributed by atoms with Gasteiger partial charge in [-0.05, 0) is 0 Å². The number of thioether (sulfide) groups is 1. The van der Waals surface area contributed by atoms with Crippen molar-refractivity contribution in [2.45, 2.75) is 11.7 Å². The second kappa shape index (κ2) is 5.49. The summed E-state index contributed by atoms with van der Waals surface area (Å²) < 4.78 is 2.99. The van der Waals surface area contributed by atoms with Crippen molar-refractivity contribution in [1.82, 2.24) is 13.9 Å². The number of nitrogens with zero attached hydrogens (tertiary/aromatic N) is 3. The fraction of sp³-hybridized carbons (Fsp3) is 0.300. The topological polar surface area (TPSA) is 74.0 Å². The largest absolute Gasteiger partial charge is 0.333 e. The zero-order valence-electron chi connectivity index (χ0n) is 9.59. The lowest BCUT2D eigenvalue weighted by atomic mass is 10.5. The third-order valence-corrected chi connectivity index (χ3v) is 3.63. The van der Waals surface area contributed by atoms with Crippen LogP contribution in [-0.2, 0) is 6.54 Å². The lowest BCUT2D eigenvalue weighted by Gasteiger charge is -2.14. The van der Waals surface area contributed by atoms with E-state index in [9.17, 15) is 4.79 Å². The number of amides is 2. The van der Waals surface area contributed by atoms with Crippen molar-refractivity contribution in [1.29, 1.82) is 5.41 Å². The summed E-state index contributed by atoms with van der Waals surface area (Å²) in [5.41, 5.74) is 0.342. The van der Waals surface area contributed by atoms with Crippen LogP contribution >= 0.6 is 24.6 Å². The fourth-order valence-electron chi connectivity index (χ4n) is 1.50. The number of nitrogens with one attached hydrogen (secondary N) is 2. The minimum atomic E-state index is -0.391. The zero-order valence-corrected chi connectivity index (χ0v) is 11.3. The van der Waals surface area contributed by atoms with E-state index in [1.165, 1.54) is 10.4 Å². The highest BCUT2D eigenvalue weighted by molar-refractivity contribution is 7.99. The minimum absolute atomic E-state index is 0.330. The highest BCUT2D eigenvalue weighted by Gasteiger charge is 2.15. The Morgan fingerprint density at radius 1 is 1.83 bits per heavy atom. The molecule has 2 heterocycles. The van der Waals surface area contributed by atoms with Gasteiger partial charge in [0, 0.05) is 18.4 Å². The normalized spacial score (nSPS) is 12.9. The molecule has 8 heteroatoms. The summed E-state index contributed by atoms with van der Waals surface area (Å²) in [6.45, 7) is 4.65. The minimum Gasteiger partial charge on any atom is -0.305 e. The van der Waals surface area contributed by atoms with Gasteiger partial charge in [-0.2, -0.15) is 0 Å². The van der Waals surface area contributed by atoms with Gasteiger partial charge < -0.3 is 4.57 Å². The van der Waals surface area contributed by atoms with Gasteiger partial charge in [0.1, 0.15) is 11.3 Å². The molecule has 0 aliphatic carbocycles. The maximum Gasteiger partial charge on any atom is 0.333 e. The van der Waals surface area contributed by atoms with E-state index in [0.717, 1.165) is 17.5 Å². The highest BCUT2D eigenvalue weighted by atomic mass is 32.2. The second-order valence-electron chi connectivity index (χ2n) is 3.61. The summed E-state index contributed by atoms with van der Waals surface area (Å²) in [5, 5.41) is 11.2. The molecule has 0 spiro atoms. The van der Waals surface area contributed by atoms with Crippen molar-refractivity contribution in [2.75, 3.05) is 17.6 Å². The molecule has 0 fully saturated rings. The molecule has 2 N–H and O–H groups in total. The quantitative estimate of drug-likeness (QED) is 0.445. The van der Waals surface area contributed by atoms with E-state index in [2.05, 4.69) is 29.7 Å². The molecular formula is C10H13N5OS2. The first-order chi connectivity index (χ1) is 8.61. The number of hydrogen-bond acceptors (Lipinski definition) is 5. The van der Waals surface area contributed by atoms with E-state index in [1.54, 1.807) is 17.8 Å². The molecule has 18 heavy (non-hydrogen) atoms. The van der Waals surface area contributed by atoms with Gasteiger partial charge in [-0.15, -0.1) is 6.58 Å². The number of fused-ring (bicyclic) bond motifs is 1. The number of urea groups is 1. The molecule has 0 aromatic carbocycles. The summed E-state index contributed by atoms with van der Waals surface area (Å²) in [6, 6.07) is 1.14. The molecule has 0 atom stereocenters. The first-order valence-electron chi connectivity index (χ1n) is 5.29. The number of anilines is 1. The number of rotatable bonds is 3. The number of thiol groups is 1. The Morgan fingerprint density at radius 2 is 2.61 bits per heavy atom. The summed E-state index contributed by atoms with van der Waals surface area (Å²) in [5.74, 6) is 1.28. The van der Waals surface area contributed by atoms with Crippen LogP contribution in [0, 0.1) is 5.41 Å². The van der Waals surface area contributed by atoms with E-state index >= 15 is 0 Å². The predicted octanol–water partition coefficient (Wildman–Crippen LogP) is 1.33. The molecule has 0 saturated carbocycles. The zero-order chi connectivity index (χ0) is 13.1. The first kappa shape index (κ1) is 13.0. The van der Waals surface area contributed by atoms with Gasteiger partial charge in [-0.1, -0.05) is 30.7 Å². The van der Waals surface area contributed by atoms with Crippen molar-refractivity contribution >= 4 is 36.4 Å². The molecule has 2 rings (SSSR count). The van der Waals surface area contributed by atoms with Crippen molar-refractivity contribution in [3.8, 4) is 0 Å². The van der Waals surface area contributed by atoms with Crippen molar-refractivity contribution in [2.24, 2.45) is 0 Å². The van der Waals surface area contributed by atoms with Crippen LogP contribution in [0.4, 0.5) is 10.6 Å². The molecule has 1 aliphatic rings. The Labute approximate surface area is 114 Å². The average molecular weight is 283 g/mol. The smallest absolute Gasteiger partial charge is 0.305 e. The standard InChI is InChI=1S/C10H13N5OS2/c1-2-3-15(17)9(16)12-8-6-7(11)14-4-5-18-10(14)13-8/h2,6,11,17H,1,3-5H2,(H,12,16). The number of aromatic nitrogens is 2. The van der Waals surface area contributed by atoms with Crippen LogP contribution in [0.25, 0.3) is 0 Å². The van der Waals surface area contributed by atoms with E-state index in [1.807, 2.05) is 4.57 Å². The van der Waals surface area contributed by atoms with Crippen LogP contribution in [0.2, 0.25) is 0 Å². The van der Waals surface area contributed by atoms with Gasteiger partial charge in [0.15, 0.2) is 5.16 Å². The van der Waals surface area contributed by atoms with Crippen LogP contribution < -0.4 is 10.8 Å². The van der Waals surface area contributed by atoms with E-state index < -0.39 is 6.03 Å². The summed E-state index contributed by atoms with van der Waals surface area (Å²) in [4.78, 5) is 16.0. The maximum atomic E-state index is 11.7. The van der Waals surface area contributed by atoms with Crippen LogP contribution in [-0.4, -0.2) is 32.2 Å². The van der Waals surface area contributed by atoms with Crippen LogP contribution in [0.15, 0.2) is 23.9 Å².